The molecule has 0 bridgehead atoms. The fourth-order valence-corrected chi connectivity index (χ4v) is 4.58. The molecule has 0 radical (unpaired) electrons. The summed E-state index contributed by atoms with van der Waals surface area (Å²) < 4.78 is 5.36. The number of likely N-dealkylation sites (N-methyl/N-ethyl adjacent to an activating group) is 1. The highest BCUT2D eigenvalue weighted by atomic mass is 16.5. The minimum absolute atomic E-state index is 0.00188. The number of aromatic nitrogens is 1. The zero-order chi connectivity index (χ0) is 24.0. The predicted molar refractivity (Wildman–Crippen MR) is 115 cm³/mol. The molecule has 3 aliphatic rings. The van der Waals surface area contributed by atoms with Crippen molar-refractivity contribution in [2.24, 2.45) is 5.92 Å². The average molecular weight is 463 g/mol. The van der Waals surface area contributed by atoms with Crippen LogP contribution in [0.2, 0.25) is 0 Å². The molecule has 3 saturated heterocycles. The van der Waals surface area contributed by atoms with Gasteiger partial charge >= 0.3 is 11.9 Å². The molecule has 4 heterocycles. The molecule has 1 atom stereocenters. The molecule has 3 aliphatic heterocycles. The van der Waals surface area contributed by atoms with Crippen molar-refractivity contribution in [2.75, 3.05) is 46.4 Å². The molecule has 0 aromatic carbocycles. The first-order valence-corrected chi connectivity index (χ1v) is 11.0. The van der Waals surface area contributed by atoms with Gasteiger partial charge in [0, 0.05) is 51.7 Å². The monoisotopic (exact) mass is 462 g/mol. The van der Waals surface area contributed by atoms with Gasteiger partial charge in [-0.25, -0.2) is 9.59 Å². The second-order valence-corrected chi connectivity index (χ2v) is 8.53. The lowest BCUT2D eigenvalue weighted by molar-refractivity contribution is -0.159. The summed E-state index contributed by atoms with van der Waals surface area (Å²) in [6, 6.07) is 3.92. The number of carboxylic acids is 2. The van der Waals surface area contributed by atoms with Crippen molar-refractivity contribution in [1.29, 1.82) is 0 Å². The molecule has 11 heteroatoms. The van der Waals surface area contributed by atoms with Gasteiger partial charge in [0.15, 0.2) is 0 Å². The number of piperidine rings is 1. The van der Waals surface area contributed by atoms with Crippen molar-refractivity contribution >= 4 is 23.8 Å². The van der Waals surface area contributed by atoms with Crippen LogP contribution in [0.1, 0.15) is 24.8 Å². The topological polar surface area (TPSA) is 141 Å². The summed E-state index contributed by atoms with van der Waals surface area (Å²) in [5, 5.41) is 14.8. The molecular weight excluding hydrogens is 432 g/mol. The number of likely N-dealkylation sites (tertiary alicyclic amines) is 1. The Labute approximate surface area is 191 Å². The van der Waals surface area contributed by atoms with Gasteiger partial charge in [-0.3, -0.25) is 19.5 Å². The van der Waals surface area contributed by atoms with Crippen LogP contribution in [0, 0.1) is 5.92 Å². The number of rotatable bonds is 3. The van der Waals surface area contributed by atoms with Gasteiger partial charge in [0.1, 0.15) is 5.54 Å². The van der Waals surface area contributed by atoms with E-state index in [2.05, 4.69) is 9.88 Å². The van der Waals surface area contributed by atoms with E-state index >= 15 is 0 Å². The van der Waals surface area contributed by atoms with Gasteiger partial charge in [-0.15, -0.1) is 0 Å². The zero-order valence-electron chi connectivity index (χ0n) is 18.7. The van der Waals surface area contributed by atoms with Crippen molar-refractivity contribution in [3.8, 4) is 0 Å². The van der Waals surface area contributed by atoms with Gasteiger partial charge in [-0.1, -0.05) is 0 Å². The normalized spacial score (nSPS) is 22.6. The van der Waals surface area contributed by atoms with E-state index < -0.39 is 17.5 Å². The number of piperazine rings is 1. The fraction of sp³-hybridized carbons (Fsp3) is 0.591. The van der Waals surface area contributed by atoms with Crippen LogP contribution in [0.5, 0.6) is 0 Å². The summed E-state index contributed by atoms with van der Waals surface area (Å²) in [5.41, 5.74) is 0.626. The summed E-state index contributed by atoms with van der Waals surface area (Å²) >= 11 is 0. The molecule has 180 valence electrons. The Morgan fingerprint density at radius 2 is 1.73 bits per heavy atom. The molecule has 3 fully saturated rings. The summed E-state index contributed by atoms with van der Waals surface area (Å²) in [6.45, 7) is 4.74. The van der Waals surface area contributed by atoms with Gasteiger partial charge in [0.05, 0.1) is 12.5 Å². The molecule has 1 aromatic heterocycles. The summed E-state index contributed by atoms with van der Waals surface area (Å²) in [4.78, 5) is 54.4. The molecule has 0 saturated carbocycles. The zero-order valence-corrected chi connectivity index (χ0v) is 18.7. The van der Waals surface area contributed by atoms with Crippen LogP contribution in [0.25, 0.3) is 0 Å². The number of carboxylic acid groups (broad SMARTS) is 2. The van der Waals surface area contributed by atoms with Crippen molar-refractivity contribution in [3.63, 3.8) is 0 Å². The smallest absolute Gasteiger partial charge is 0.414 e. The number of carbonyl (C=O) groups excluding carboxylic acids is 2. The van der Waals surface area contributed by atoms with Crippen molar-refractivity contribution < 1.29 is 34.1 Å². The Balaban J connectivity index is 0.000000454. The highest BCUT2D eigenvalue weighted by molar-refractivity contribution is 6.27. The van der Waals surface area contributed by atoms with Crippen LogP contribution in [-0.2, 0) is 30.5 Å². The van der Waals surface area contributed by atoms with Gasteiger partial charge in [-0.05, 0) is 44.0 Å². The molecule has 4 rings (SSSR count). The number of amides is 2. The molecule has 33 heavy (non-hydrogen) atoms. The van der Waals surface area contributed by atoms with E-state index in [1.807, 2.05) is 29.0 Å². The maximum Gasteiger partial charge on any atom is 0.414 e. The first kappa shape index (κ1) is 24.6. The maximum absolute atomic E-state index is 13.4. The van der Waals surface area contributed by atoms with Crippen LogP contribution in [0.15, 0.2) is 24.5 Å². The van der Waals surface area contributed by atoms with Crippen LogP contribution < -0.4 is 0 Å². The Kier molecular flexibility index (Phi) is 7.98. The maximum atomic E-state index is 13.4. The highest BCUT2D eigenvalue weighted by Crippen LogP contribution is 2.34. The number of aliphatic carboxylic acids is 2. The van der Waals surface area contributed by atoms with E-state index in [9.17, 15) is 9.59 Å². The lowest BCUT2D eigenvalue weighted by Crippen LogP contribution is -2.67. The number of nitrogens with zero attached hydrogens (tertiary/aromatic N) is 4. The van der Waals surface area contributed by atoms with E-state index in [1.54, 1.807) is 12.4 Å². The van der Waals surface area contributed by atoms with E-state index in [0.29, 0.717) is 45.7 Å². The summed E-state index contributed by atoms with van der Waals surface area (Å²) in [5.74, 6) is -3.25. The molecule has 2 N–H and O–H groups in total. The third-order valence-corrected chi connectivity index (χ3v) is 6.61. The molecular formula is C22H30N4O7. The SMILES string of the molecule is CN1CCN(Cc2ccncc2)C(=O)C12CCN(C(=O)C1CCOC1)CC2.O=C(O)C(=O)O. The molecule has 1 aromatic rings. The standard InChI is InChI=1S/C20H28N4O3.C2H2O4/c1-22-11-12-24(14-16-2-7-21-8-3-16)19(26)20(22)5-9-23(10-6-20)18(25)17-4-13-27-15-17;3-1(4)2(5)6/h2-3,7-8,17H,4-6,9-15H2,1H3;(H,3,4)(H,5,6). The second kappa shape index (κ2) is 10.7. The van der Waals surface area contributed by atoms with Crippen molar-refractivity contribution in [3.05, 3.63) is 30.1 Å². The van der Waals surface area contributed by atoms with Gasteiger partial charge in [0.25, 0.3) is 0 Å². The number of hydrogen-bond acceptors (Lipinski definition) is 7. The minimum Gasteiger partial charge on any atom is -0.473 e. The van der Waals surface area contributed by atoms with Crippen LogP contribution in [0.4, 0.5) is 0 Å². The lowest BCUT2D eigenvalue weighted by atomic mass is 9.82. The van der Waals surface area contributed by atoms with Gasteiger partial charge in [0.2, 0.25) is 11.8 Å². The Morgan fingerprint density at radius 1 is 1.09 bits per heavy atom. The van der Waals surface area contributed by atoms with Crippen molar-refractivity contribution in [2.45, 2.75) is 31.3 Å². The number of pyridine rings is 1. The van der Waals surface area contributed by atoms with Crippen LogP contribution in [-0.4, -0.2) is 106 Å². The van der Waals surface area contributed by atoms with E-state index in [4.69, 9.17) is 24.5 Å². The lowest BCUT2D eigenvalue weighted by Gasteiger charge is -2.51. The molecule has 11 nitrogen and oxygen atoms in total. The van der Waals surface area contributed by atoms with E-state index in [-0.39, 0.29) is 17.7 Å². The molecule has 1 unspecified atom stereocenters. The predicted octanol–water partition coefficient (Wildman–Crippen LogP) is -0.0911. The third-order valence-electron chi connectivity index (χ3n) is 6.61. The molecule has 1 spiro atoms. The Morgan fingerprint density at radius 3 is 2.27 bits per heavy atom. The van der Waals surface area contributed by atoms with Crippen LogP contribution in [0.3, 0.4) is 0 Å². The average Bonchev–Trinajstić information content (AvgIpc) is 3.36. The Hall–Kier alpha value is -3.05. The van der Waals surface area contributed by atoms with Crippen LogP contribution >= 0.6 is 0 Å². The number of hydrogen-bond donors (Lipinski definition) is 2. The minimum atomic E-state index is -1.82. The quantitative estimate of drug-likeness (QED) is 0.590. The van der Waals surface area contributed by atoms with Gasteiger partial charge < -0.3 is 24.7 Å². The Bertz CT molecular complexity index is 853. The largest absolute Gasteiger partial charge is 0.473 e. The summed E-state index contributed by atoms with van der Waals surface area (Å²) in [7, 11) is 2.05. The van der Waals surface area contributed by atoms with E-state index in [0.717, 1.165) is 25.1 Å². The second-order valence-electron chi connectivity index (χ2n) is 8.53. The first-order chi connectivity index (χ1) is 15.7. The fourth-order valence-electron chi connectivity index (χ4n) is 4.58. The van der Waals surface area contributed by atoms with E-state index in [1.165, 1.54) is 0 Å². The number of ether oxygens (including phenoxy) is 1. The number of carbonyl (C=O) groups is 4. The van der Waals surface area contributed by atoms with Gasteiger partial charge in [-0.2, -0.15) is 0 Å². The van der Waals surface area contributed by atoms with Crippen molar-refractivity contribution in [1.82, 2.24) is 19.7 Å². The third kappa shape index (κ3) is 5.66. The first-order valence-electron chi connectivity index (χ1n) is 11.0. The highest BCUT2D eigenvalue weighted by Gasteiger charge is 2.50. The molecule has 0 aliphatic carbocycles. The summed E-state index contributed by atoms with van der Waals surface area (Å²) in [6.07, 6.45) is 5.76. The molecule has 2 amide bonds.